The van der Waals surface area contributed by atoms with Crippen LogP contribution in [-0.2, 0) is 9.59 Å². The highest BCUT2D eigenvalue weighted by Gasteiger charge is 2.62. The van der Waals surface area contributed by atoms with E-state index in [1.54, 1.807) is 0 Å². The average Bonchev–Trinajstić information content (AvgIpc) is 3.54. The summed E-state index contributed by atoms with van der Waals surface area (Å²) < 4.78 is 0. The molecule has 3 nitrogen and oxygen atoms in total. The molecule has 4 atom stereocenters. The van der Waals surface area contributed by atoms with Gasteiger partial charge in [0.25, 0.3) is 0 Å². The molecule has 7 rings (SSSR count). The number of benzene rings is 4. The van der Waals surface area contributed by atoms with Gasteiger partial charge in [-0.2, -0.15) is 0 Å². The molecular weight excluding hydrogens is 430 g/mol. The summed E-state index contributed by atoms with van der Waals surface area (Å²) in [7, 11) is 0. The number of hydrogen-bond donors (Lipinski definition) is 0. The van der Waals surface area contributed by atoms with E-state index in [0.717, 1.165) is 27.5 Å². The Balaban J connectivity index is 1.38. The van der Waals surface area contributed by atoms with E-state index >= 15 is 0 Å². The lowest BCUT2D eigenvalue weighted by Crippen LogP contribution is -2.33. The summed E-state index contributed by atoms with van der Waals surface area (Å²) in [5, 5.41) is 1.96. The van der Waals surface area contributed by atoms with Crippen LogP contribution in [0.4, 0.5) is 5.69 Å². The number of nitrogens with zero attached hydrogens (tertiary/aromatic N) is 1. The van der Waals surface area contributed by atoms with Crippen molar-refractivity contribution < 1.29 is 9.59 Å². The molecule has 0 spiro atoms. The van der Waals surface area contributed by atoms with Crippen molar-refractivity contribution in [2.24, 2.45) is 23.7 Å². The van der Waals surface area contributed by atoms with E-state index in [1.807, 2.05) is 78.9 Å². The molecule has 1 saturated heterocycles. The number of rotatable bonds is 3. The number of carbonyl (C=O) groups excluding carboxylic acids is 2. The van der Waals surface area contributed by atoms with Crippen LogP contribution in [-0.4, -0.2) is 11.8 Å². The molecule has 168 valence electrons. The second kappa shape index (κ2) is 7.64. The Morgan fingerprint density at radius 3 is 1.69 bits per heavy atom. The van der Waals surface area contributed by atoms with E-state index in [1.165, 1.54) is 10.5 Å². The topological polar surface area (TPSA) is 37.4 Å². The molecule has 3 heteroatoms. The second-order valence-corrected chi connectivity index (χ2v) is 9.56. The molecule has 2 amide bonds. The number of anilines is 1. The Bertz CT molecular complexity index is 1470. The highest BCUT2D eigenvalue weighted by atomic mass is 16.2. The Morgan fingerprint density at radius 2 is 1.09 bits per heavy atom. The number of carbonyl (C=O) groups is 2. The highest BCUT2D eigenvalue weighted by Crippen LogP contribution is 2.59. The van der Waals surface area contributed by atoms with Crippen LogP contribution in [0.5, 0.6) is 0 Å². The first-order valence-corrected chi connectivity index (χ1v) is 12.1. The van der Waals surface area contributed by atoms with Gasteiger partial charge in [0.1, 0.15) is 0 Å². The largest absolute Gasteiger partial charge is 0.274 e. The molecule has 1 heterocycles. The van der Waals surface area contributed by atoms with Crippen LogP contribution in [0.1, 0.15) is 11.1 Å². The van der Waals surface area contributed by atoms with Gasteiger partial charge >= 0.3 is 0 Å². The number of imide groups is 1. The van der Waals surface area contributed by atoms with Crippen LogP contribution in [0, 0.1) is 23.7 Å². The lowest BCUT2D eigenvalue weighted by atomic mass is 9.85. The molecule has 1 saturated carbocycles. The Kier molecular flexibility index (Phi) is 4.40. The zero-order valence-electron chi connectivity index (χ0n) is 19.0. The van der Waals surface area contributed by atoms with Crippen LogP contribution < -0.4 is 4.90 Å². The fourth-order valence-corrected chi connectivity index (χ4v) is 6.45. The van der Waals surface area contributed by atoms with Gasteiger partial charge in [0, 0.05) is 17.2 Å². The third-order valence-corrected chi connectivity index (χ3v) is 7.84. The standard InChI is InChI=1S/C32H23NO2/c34-31-29-24-18-19-25(28(24)27(21-11-3-1-4-12-21)22-13-5-2-6-14-22)30(29)32(35)33(31)26-17-9-15-20-10-7-8-16-23(20)26/h1-19,24-25,29-30H/t24-,25+,29-,30-/m0/s1. The van der Waals surface area contributed by atoms with Crippen molar-refractivity contribution in [2.45, 2.75) is 0 Å². The van der Waals surface area contributed by atoms with Gasteiger partial charge in [-0.05, 0) is 33.7 Å². The van der Waals surface area contributed by atoms with Gasteiger partial charge in [0.15, 0.2) is 0 Å². The van der Waals surface area contributed by atoms with Crippen LogP contribution in [0.3, 0.4) is 0 Å². The van der Waals surface area contributed by atoms with Crippen molar-refractivity contribution in [3.63, 3.8) is 0 Å². The second-order valence-electron chi connectivity index (χ2n) is 9.56. The molecule has 3 aliphatic rings. The average molecular weight is 454 g/mol. The fraction of sp³-hybridized carbons (Fsp3) is 0.125. The summed E-state index contributed by atoms with van der Waals surface area (Å²) in [6, 6.07) is 34.5. The minimum atomic E-state index is -0.353. The zero-order chi connectivity index (χ0) is 23.5. The van der Waals surface area contributed by atoms with Crippen LogP contribution >= 0.6 is 0 Å². The molecule has 35 heavy (non-hydrogen) atoms. The maximum atomic E-state index is 13.9. The van der Waals surface area contributed by atoms with E-state index < -0.39 is 0 Å². The Labute approximate surface area is 204 Å². The summed E-state index contributed by atoms with van der Waals surface area (Å²) in [5.74, 6) is -1.01. The third kappa shape index (κ3) is 2.85. The number of fused-ring (bicyclic) bond motifs is 6. The van der Waals surface area contributed by atoms with Crippen molar-refractivity contribution in [1.82, 2.24) is 0 Å². The molecule has 0 aromatic heterocycles. The van der Waals surface area contributed by atoms with Gasteiger partial charge in [-0.1, -0.05) is 109 Å². The first-order chi connectivity index (χ1) is 17.2. The van der Waals surface area contributed by atoms with Crippen molar-refractivity contribution >= 4 is 33.8 Å². The zero-order valence-corrected chi connectivity index (χ0v) is 19.0. The molecule has 2 fully saturated rings. The minimum absolute atomic E-state index is 0.0724. The summed E-state index contributed by atoms with van der Waals surface area (Å²) >= 11 is 0. The number of hydrogen-bond acceptors (Lipinski definition) is 2. The van der Waals surface area contributed by atoms with E-state index in [4.69, 9.17) is 0 Å². The van der Waals surface area contributed by atoms with Crippen LogP contribution in [0.2, 0.25) is 0 Å². The normalized spacial score (nSPS) is 24.5. The summed E-state index contributed by atoms with van der Waals surface area (Å²) in [4.78, 5) is 29.3. The molecule has 0 N–H and O–H groups in total. The third-order valence-electron chi connectivity index (χ3n) is 7.84. The summed E-state index contributed by atoms with van der Waals surface area (Å²) in [6.07, 6.45) is 4.32. The van der Waals surface area contributed by atoms with E-state index in [0.29, 0.717) is 5.69 Å². The van der Waals surface area contributed by atoms with Gasteiger partial charge < -0.3 is 0 Å². The van der Waals surface area contributed by atoms with Crippen molar-refractivity contribution in [1.29, 1.82) is 0 Å². The van der Waals surface area contributed by atoms with Crippen LogP contribution in [0.25, 0.3) is 16.3 Å². The Hall–Kier alpha value is -4.24. The highest BCUT2D eigenvalue weighted by molar-refractivity contribution is 6.26. The van der Waals surface area contributed by atoms with Gasteiger partial charge in [-0.15, -0.1) is 0 Å². The predicted octanol–water partition coefficient (Wildman–Crippen LogP) is 6.26. The van der Waals surface area contributed by atoms with Crippen molar-refractivity contribution in [3.8, 4) is 0 Å². The fourth-order valence-electron chi connectivity index (χ4n) is 6.45. The lowest BCUT2D eigenvalue weighted by molar-refractivity contribution is -0.122. The van der Waals surface area contributed by atoms with Gasteiger partial charge in [-0.25, -0.2) is 4.90 Å². The molecule has 2 bridgehead atoms. The Morgan fingerprint density at radius 1 is 0.571 bits per heavy atom. The first-order valence-electron chi connectivity index (χ1n) is 12.1. The first kappa shape index (κ1) is 20.2. The van der Waals surface area contributed by atoms with Gasteiger partial charge in [0.2, 0.25) is 11.8 Å². The number of allylic oxidation sites excluding steroid dienone is 3. The SMILES string of the molecule is O=C1[C@@H]2[C@@H](C(=O)N1c1cccc3ccccc13)[C@H]1C=C[C@@H]2C1=C(c1ccccc1)c1ccccc1. The minimum Gasteiger partial charge on any atom is -0.274 e. The van der Waals surface area contributed by atoms with Crippen LogP contribution in [0.15, 0.2) is 121 Å². The monoisotopic (exact) mass is 453 g/mol. The molecule has 2 aliphatic carbocycles. The quantitative estimate of drug-likeness (QED) is 0.271. The molecule has 1 aliphatic heterocycles. The summed E-state index contributed by atoms with van der Waals surface area (Å²) in [5.41, 5.74) is 5.30. The lowest BCUT2D eigenvalue weighted by Gasteiger charge is -2.22. The van der Waals surface area contributed by atoms with Gasteiger partial charge in [-0.3, -0.25) is 9.59 Å². The maximum Gasteiger partial charge on any atom is 0.238 e. The molecule has 4 aromatic rings. The maximum absolute atomic E-state index is 13.9. The molecule has 0 radical (unpaired) electrons. The molecule has 4 aromatic carbocycles. The van der Waals surface area contributed by atoms with Crippen molar-refractivity contribution in [2.75, 3.05) is 4.90 Å². The van der Waals surface area contributed by atoms with E-state index in [2.05, 4.69) is 36.4 Å². The van der Waals surface area contributed by atoms with E-state index in [9.17, 15) is 9.59 Å². The smallest absolute Gasteiger partial charge is 0.238 e. The molecule has 0 unspecified atom stereocenters. The summed E-state index contributed by atoms with van der Waals surface area (Å²) in [6.45, 7) is 0. The van der Waals surface area contributed by atoms with E-state index in [-0.39, 0.29) is 35.5 Å². The molecular formula is C32H23NO2. The van der Waals surface area contributed by atoms with Crippen molar-refractivity contribution in [3.05, 3.63) is 132 Å². The number of amides is 2. The predicted molar refractivity (Wildman–Crippen MR) is 138 cm³/mol. The van der Waals surface area contributed by atoms with Gasteiger partial charge in [0.05, 0.1) is 17.5 Å².